The van der Waals surface area contributed by atoms with Crippen molar-refractivity contribution in [2.24, 2.45) is 0 Å². The third-order valence-corrected chi connectivity index (χ3v) is 3.81. The van der Waals surface area contributed by atoms with Gasteiger partial charge in [-0.3, -0.25) is 0 Å². The van der Waals surface area contributed by atoms with Crippen LogP contribution in [0.2, 0.25) is 0 Å². The van der Waals surface area contributed by atoms with Crippen molar-refractivity contribution in [1.82, 2.24) is 5.32 Å². The predicted molar refractivity (Wildman–Crippen MR) is 96.0 cm³/mol. The van der Waals surface area contributed by atoms with Gasteiger partial charge in [0, 0.05) is 24.8 Å². The van der Waals surface area contributed by atoms with E-state index < -0.39 is 0 Å². The van der Waals surface area contributed by atoms with E-state index in [0.29, 0.717) is 31.3 Å². The van der Waals surface area contributed by atoms with Crippen LogP contribution in [0.5, 0.6) is 11.5 Å². The van der Waals surface area contributed by atoms with Crippen LogP contribution >= 0.6 is 0 Å². The largest absolute Gasteiger partial charge is 0.491 e. The Hall–Kier alpha value is -2.05. The minimum absolute atomic E-state index is 0.158. The molecular formula is C19H27NO5. The molecule has 1 fully saturated rings. The number of ether oxygens (including phenoxy) is 4. The Labute approximate surface area is 149 Å². The zero-order valence-corrected chi connectivity index (χ0v) is 15.0. The highest BCUT2D eigenvalue weighted by molar-refractivity contribution is 5.87. The van der Waals surface area contributed by atoms with E-state index in [0.717, 1.165) is 31.5 Å². The van der Waals surface area contributed by atoms with Crippen LogP contribution in [0.1, 0.15) is 25.3 Å². The minimum atomic E-state index is -0.365. The van der Waals surface area contributed by atoms with E-state index in [4.69, 9.17) is 18.9 Å². The van der Waals surface area contributed by atoms with Crippen molar-refractivity contribution >= 4 is 12.0 Å². The molecule has 1 saturated heterocycles. The number of benzene rings is 1. The zero-order chi connectivity index (χ0) is 17.9. The Balaban J connectivity index is 2.12. The number of piperidine rings is 1. The molecule has 1 aromatic rings. The van der Waals surface area contributed by atoms with Crippen LogP contribution in [-0.4, -0.2) is 52.1 Å². The van der Waals surface area contributed by atoms with Crippen LogP contribution in [0.3, 0.4) is 0 Å². The van der Waals surface area contributed by atoms with Crippen molar-refractivity contribution in [1.29, 1.82) is 0 Å². The first-order chi connectivity index (χ1) is 12.2. The molecule has 1 N–H and O–H groups in total. The van der Waals surface area contributed by atoms with Gasteiger partial charge in [0.05, 0.1) is 13.2 Å². The Morgan fingerprint density at radius 3 is 2.80 bits per heavy atom. The average Bonchev–Trinajstić information content (AvgIpc) is 2.62. The maximum Gasteiger partial charge on any atom is 0.330 e. The fourth-order valence-electron chi connectivity index (χ4n) is 2.53. The third-order valence-electron chi connectivity index (χ3n) is 3.81. The smallest absolute Gasteiger partial charge is 0.330 e. The summed E-state index contributed by atoms with van der Waals surface area (Å²) in [6.07, 6.45) is 5.20. The second-order valence-corrected chi connectivity index (χ2v) is 5.69. The summed E-state index contributed by atoms with van der Waals surface area (Å²) in [6, 6.07) is 5.60. The Bertz CT molecular complexity index is 567. The molecule has 0 amide bonds. The number of nitrogens with one attached hydrogen (secondary N) is 1. The van der Waals surface area contributed by atoms with Crippen molar-refractivity contribution in [2.75, 3.05) is 40.0 Å². The summed E-state index contributed by atoms with van der Waals surface area (Å²) in [7, 11) is 1.64. The van der Waals surface area contributed by atoms with Gasteiger partial charge in [-0.25, -0.2) is 4.79 Å². The van der Waals surface area contributed by atoms with Crippen LogP contribution in [-0.2, 0) is 14.3 Å². The van der Waals surface area contributed by atoms with Gasteiger partial charge in [0.1, 0.15) is 24.2 Å². The molecule has 0 spiro atoms. The Kier molecular flexibility index (Phi) is 8.28. The lowest BCUT2D eigenvalue weighted by molar-refractivity contribution is -0.137. The number of methoxy groups -OCH3 is 1. The molecule has 6 heteroatoms. The highest BCUT2D eigenvalue weighted by Gasteiger charge is 2.16. The van der Waals surface area contributed by atoms with E-state index in [9.17, 15) is 4.79 Å². The summed E-state index contributed by atoms with van der Waals surface area (Å²) < 4.78 is 21.8. The molecule has 1 heterocycles. The first kappa shape index (κ1) is 19.3. The fraction of sp³-hybridized carbons (Fsp3) is 0.526. The highest BCUT2D eigenvalue weighted by atomic mass is 16.5. The van der Waals surface area contributed by atoms with Crippen molar-refractivity contribution < 1.29 is 23.7 Å². The van der Waals surface area contributed by atoms with Crippen LogP contribution in [0, 0.1) is 0 Å². The molecule has 2 rings (SSSR count). The van der Waals surface area contributed by atoms with Gasteiger partial charge in [-0.05, 0) is 51.1 Å². The molecule has 1 aliphatic heterocycles. The second-order valence-electron chi connectivity index (χ2n) is 5.69. The predicted octanol–water partition coefficient (Wildman–Crippen LogP) is 2.42. The zero-order valence-electron chi connectivity index (χ0n) is 15.0. The van der Waals surface area contributed by atoms with Crippen molar-refractivity contribution in [2.45, 2.75) is 25.9 Å². The van der Waals surface area contributed by atoms with Gasteiger partial charge in [-0.1, -0.05) is 0 Å². The summed E-state index contributed by atoms with van der Waals surface area (Å²) in [5.41, 5.74) is 0.825. The molecule has 1 aromatic carbocycles. The van der Waals surface area contributed by atoms with Crippen molar-refractivity contribution in [3.63, 3.8) is 0 Å². The standard InChI is InChI=1S/C19H27NO5/c1-3-23-19(21)7-5-15-4-6-17(24-13-12-22-2)14-18(15)25-16-8-10-20-11-9-16/h4-7,14,16,20H,3,8-13H2,1-2H3/b7-5+. The lowest BCUT2D eigenvalue weighted by Crippen LogP contribution is -2.34. The number of esters is 1. The highest BCUT2D eigenvalue weighted by Crippen LogP contribution is 2.28. The quantitative estimate of drug-likeness (QED) is 0.420. The van der Waals surface area contributed by atoms with Crippen LogP contribution < -0.4 is 14.8 Å². The van der Waals surface area contributed by atoms with Crippen LogP contribution in [0.4, 0.5) is 0 Å². The second kappa shape index (κ2) is 10.7. The number of carbonyl (C=O) groups is 1. The average molecular weight is 349 g/mol. The molecule has 138 valence electrons. The van der Waals surface area contributed by atoms with Gasteiger partial charge >= 0.3 is 5.97 Å². The van der Waals surface area contributed by atoms with E-state index in [-0.39, 0.29) is 12.1 Å². The van der Waals surface area contributed by atoms with Gasteiger partial charge in [0.2, 0.25) is 0 Å². The molecule has 0 bridgehead atoms. The summed E-state index contributed by atoms with van der Waals surface area (Å²) in [4.78, 5) is 11.6. The van der Waals surface area contributed by atoms with Crippen LogP contribution in [0.25, 0.3) is 6.08 Å². The number of hydrogen-bond donors (Lipinski definition) is 1. The van der Waals surface area contributed by atoms with Crippen molar-refractivity contribution in [3.8, 4) is 11.5 Å². The van der Waals surface area contributed by atoms with Crippen molar-refractivity contribution in [3.05, 3.63) is 29.8 Å². The molecule has 25 heavy (non-hydrogen) atoms. The monoisotopic (exact) mass is 349 g/mol. The molecule has 0 unspecified atom stereocenters. The molecule has 0 aliphatic carbocycles. The number of hydrogen-bond acceptors (Lipinski definition) is 6. The first-order valence-electron chi connectivity index (χ1n) is 8.71. The maximum absolute atomic E-state index is 11.6. The third kappa shape index (κ3) is 6.76. The number of rotatable bonds is 9. The normalized spacial score (nSPS) is 15.3. The molecule has 0 radical (unpaired) electrons. The fourth-order valence-corrected chi connectivity index (χ4v) is 2.53. The Morgan fingerprint density at radius 1 is 1.28 bits per heavy atom. The molecule has 0 saturated carbocycles. The lowest BCUT2D eigenvalue weighted by Gasteiger charge is -2.25. The van der Waals surface area contributed by atoms with E-state index in [2.05, 4.69) is 5.32 Å². The SMILES string of the molecule is CCOC(=O)/C=C/c1ccc(OCCOC)cc1OC1CCNCC1. The molecule has 0 atom stereocenters. The van der Waals surface area contributed by atoms with Gasteiger partial charge in [-0.2, -0.15) is 0 Å². The summed E-state index contributed by atoms with van der Waals surface area (Å²) in [5, 5.41) is 3.32. The van der Waals surface area contributed by atoms with Gasteiger partial charge in [0.25, 0.3) is 0 Å². The van der Waals surface area contributed by atoms with E-state index >= 15 is 0 Å². The minimum Gasteiger partial charge on any atom is -0.491 e. The van der Waals surface area contributed by atoms with E-state index in [1.54, 1.807) is 20.1 Å². The van der Waals surface area contributed by atoms with Gasteiger partial charge in [0.15, 0.2) is 0 Å². The Morgan fingerprint density at radius 2 is 2.08 bits per heavy atom. The first-order valence-corrected chi connectivity index (χ1v) is 8.71. The van der Waals surface area contributed by atoms with Gasteiger partial charge in [-0.15, -0.1) is 0 Å². The topological polar surface area (TPSA) is 66.0 Å². The van der Waals surface area contributed by atoms with E-state index in [1.165, 1.54) is 6.08 Å². The molecule has 6 nitrogen and oxygen atoms in total. The van der Waals surface area contributed by atoms with Crippen LogP contribution in [0.15, 0.2) is 24.3 Å². The maximum atomic E-state index is 11.6. The number of carbonyl (C=O) groups excluding carboxylic acids is 1. The summed E-state index contributed by atoms with van der Waals surface area (Å²) >= 11 is 0. The van der Waals surface area contributed by atoms with E-state index in [1.807, 2.05) is 18.2 Å². The molecule has 0 aromatic heterocycles. The summed E-state index contributed by atoms with van der Waals surface area (Å²) in [6.45, 7) is 5.03. The molecular weight excluding hydrogens is 322 g/mol. The van der Waals surface area contributed by atoms with Gasteiger partial charge < -0.3 is 24.3 Å². The molecule has 1 aliphatic rings. The lowest BCUT2D eigenvalue weighted by atomic mass is 10.1. The summed E-state index contributed by atoms with van der Waals surface area (Å²) in [5.74, 6) is 1.06.